The van der Waals surface area contributed by atoms with E-state index in [1.54, 1.807) is 6.08 Å². The Morgan fingerprint density at radius 1 is 1.56 bits per heavy atom. The highest BCUT2D eigenvalue weighted by atomic mass is 32.1. The normalized spacial score (nSPS) is 10.9. The molecule has 0 aliphatic heterocycles. The van der Waals surface area contributed by atoms with Crippen molar-refractivity contribution in [1.82, 2.24) is 0 Å². The maximum absolute atomic E-state index is 13.3. The maximum Gasteiger partial charge on any atom is 0.311 e. The number of rotatable bonds is 4. The predicted molar refractivity (Wildman–Crippen MR) is 62.2 cm³/mol. The quantitative estimate of drug-likeness (QED) is 0.485. The zero-order valence-electron chi connectivity index (χ0n) is 8.26. The molecule has 1 rings (SSSR count). The van der Waals surface area contributed by atoms with Crippen LogP contribution in [0.2, 0.25) is 0 Å². The minimum atomic E-state index is -0.759. The Hall–Kier alpha value is -1.56. The topological polar surface area (TPSA) is 63.4 Å². The van der Waals surface area contributed by atoms with Gasteiger partial charge in [0, 0.05) is 17.7 Å². The number of hydrogen-bond acceptors (Lipinski definition) is 4. The third kappa shape index (κ3) is 2.96. The summed E-state index contributed by atoms with van der Waals surface area (Å²) in [4.78, 5) is 9.74. The molecule has 0 amide bonds. The summed E-state index contributed by atoms with van der Waals surface area (Å²) in [5.74, 6) is -0.759. The Morgan fingerprint density at radius 2 is 2.25 bits per heavy atom. The highest BCUT2D eigenvalue weighted by molar-refractivity contribution is 7.80. The molecule has 86 valence electrons. The largest absolute Gasteiger partial charge is 0.502 e. The van der Waals surface area contributed by atoms with Crippen molar-refractivity contribution in [3.05, 3.63) is 39.7 Å². The fourth-order valence-corrected chi connectivity index (χ4v) is 1.28. The first-order valence-electron chi connectivity index (χ1n) is 4.50. The number of benzene rings is 1. The van der Waals surface area contributed by atoms with Crippen molar-refractivity contribution in [2.24, 2.45) is 0 Å². The van der Waals surface area contributed by atoms with Crippen LogP contribution in [0.4, 0.5) is 10.1 Å². The predicted octanol–water partition coefficient (Wildman–Crippen LogP) is 2.77. The number of hydrogen-bond donors (Lipinski definition) is 2. The van der Waals surface area contributed by atoms with Crippen molar-refractivity contribution in [3.63, 3.8) is 0 Å². The van der Waals surface area contributed by atoms with Crippen LogP contribution in [0, 0.1) is 15.9 Å². The molecule has 0 heterocycles. The molecule has 0 saturated heterocycles. The van der Waals surface area contributed by atoms with Crippen LogP contribution < -0.4 is 0 Å². The fraction of sp³-hybridized carbons (Fsp3) is 0.200. The SMILES string of the molecule is O=[N+]([O-])c1cc(C=CCCS)c(F)cc1O. The lowest BCUT2D eigenvalue weighted by molar-refractivity contribution is -0.385. The lowest BCUT2D eigenvalue weighted by atomic mass is 10.1. The van der Waals surface area contributed by atoms with E-state index in [9.17, 15) is 14.5 Å². The van der Waals surface area contributed by atoms with Gasteiger partial charge >= 0.3 is 5.69 Å². The molecule has 0 aliphatic rings. The first-order chi connectivity index (χ1) is 7.56. The van der Waals surface area contributed by atoms with Crippen LogP contribution in [0.25, 0.3) is 6.08 Å². The van der Waals surface area contributed by atoms with Crippen LogP contribution in [0.15, 0.2) is 18.2 Å². The third-order valence-corrected chi connectivity index (χ3v) is 2.14. The van der Waals surface area contributed by atoms with E-state index in [4.69, 9.17) is 5.11 Å². The molecule has 0 radical (unpaired) electrons. The van der Waals surface area contributed by atoms with Gasteiger partial charge in [0.05, 0.1) is 4.92 Å². The molecule has 0 bridgehead atoms. The Bertz CT molecular complexity index is 434. The molecule has 0 unspecified atom stereocenters. The molecule has 16 heavy (non-hydrogen) atoms. The second kappa shape index (κ2) is 5.50. The summed E-state index contributed by atoms with van der Waals surface area (Å²) < 4.78 is 13.3. The minimum Gasteiger partial charge on any atom is -0.502 e. The van der Waals surface area contributed by atoms with Gasteiger partial charge in [0.2, 0.25) is 0 Å². The molecule has 0 aromatic heterocycles. The molecule has 0 saturated carbocycles. The zero-order valence-corrected chi connectivity index (χ0v) is 9.15. The molecule has 0 spiro atoms. The molecular formula is C10H10FNO3S. The zero-order chi connectivity index (χ0) is 12.1. The highest BCUT2D eigenvalue weighted by Crippen LogP contribution is 2.29. The van der Waals surface area contributed by atoms with Crippen molar-refractivity contribution < 1.29 is 14.4 Å². The second-order valence-electron chi connectivity index (χ2n) is 3.03. The number of halogens is 1. The van der Waals surface area contributed by atoms with E-state index in [1.807, 2.05) is 0 Å². The molecule has 1 aromatic rings. The average Bonchev–Trinajstić information content (AvgIpc) is 2.21. The van der Waals surface area contributed by atoms with Gasteiger partial charge in [-0.2, -0.15) is 12.6 Å². The Balaban J connectivity index is 3.09. The Labute approximate surface area is 97.0 Å². The number of aromatic hydroxyl groups is 1. The molecule has 0 aliphatic carbocycles. The summed E-state index contributed by atoms with van der Waals surface area (Å²) in [6.45, 7) is 0. The van der Waals surface area contributed by atoms with E-state index in [2.05, 4.69) is 12.6 Å². The van der Waals surface area contributed by atoms with Crippen LogP contribution >= 0.6 is 12.6 Å². The first kappa shape index (κ1) is 12.5. The van der Waals surface area contributed by atoms with Gasteiger partial charge in [-0.1, -0.05) is 12.2 Å². The van der Waals surface area contributed by atoms with Crippen LogP contribution in [-0.2, 0) is 0 Å². The molecule has 1 aromatic carbocycles. The summed E-state index contributed by atoms with van der Waals surface area (Å²) in [6.07, 6.45) is 3.72. The first-order valence-corrected chi connectivity index (χ1v) is 5.13. The Kier molecular flexibility index (Phi) is 4.30. The fourth-order valence-electron chi connectivity index (χ4n) is 1.13. The lowest BCUT2D eigenvalue weighted by Crippen LogP contribution is -1.92. The van der Waals surface area contributed by atoms with Gasteiger partial charge in [-0.25, -0.2) is 4.39 Å². The van der Waals surface area contributed by atoms with Gasteiger partial charge < -0.3 is 5.11 Å². The maximum atomic E-state index is 13.3. The molecule has 0 atom stereocenters. The summed E-state index contributed by atoms with van der Waals surface area (Å²) in [6, 6.07) is 1.73. The van der Waals surface area contributed by atoms with Gasteiger partial charge in [0.25, 0.3) is 0 Å². The summed E-state index contributed by atoms with van der Waals surface area (Å²) in [5.41, 5.74) is -0.432. The van der Waals surface area contributed by atoms with Gasteiger partial charge in [-0.3, -0.25) is 10.1 Å². The standard InChI is InChI=1S/C10H10FNO3S/c11-8-6-10(13)9(12(14)15)5-7(8)3-1-2-4-16/h1,3,5-6,13,16H,2,4H2. The molecule has 1 N–H and O–H groups in total. The van der Waals surface area contributed by atoms with E-state index < -0.39 is 22.2 Å². The van der Waals surface area contributed by atoms with Crippen molar-refractivity contribution in [2.45, 2.75) is 6.42 Å². The summed E-state index contributed by atoms with van der Waals surface area (Å²) in [5, 5.41) is 19.6. The van der Waals surface area contributed by atoms with E-state index in [0.29, 0.717) is 12.2 Å². The number of phenolic OH excluding ortho intramolecular Hbond substituents is 1. The molecular weight excluding hydrogens is 233 g/mol. The lowest BCUT2D eigenvalue weighted by Gasteiger charge is -2.00. The van der Waals surface area contributed by atoms with Crippen LogP contribution in [0.1, 0.15) is 12.0 Å². The van der Waals surface area contributed by atoms with Crippen LogP contribution in [-0.4, -0.2) is 15.8 Å². The average molecular weight is 243 g/mol. The van der Waals surface area contributed by atoms with Gasteiger partial charge in [0.15, 0.2) is 5.75 Å². The second-order valence-corrected chi connectivity index (χ2v) is 3.48. The van der Waals surface area contributed by atoms with Crippen molar-refractivity contribution >= 4 is 24.4 Å². The summed E-state index contributed by atoms with van der Waals surface area (Å²) >= 11 is 3.97. The highest BCUT2D eigenvalue weighted by Gasteiger charge is 2.16. The van der Waals surface area contributed by atoms with Gasteiger partial charge in [-0.15, -0.1) is 0 Å². The number of allylic oxidation sites excluding steroid dienone is 1. The van der Waals surface area contributed by atoms with Crippen LogP contribution in [0.5, 0.6) is 5.75 Å². The number of nitro benzene ring substituents is 1. The monoisotopic (exact) mass is 243 g/mol. The smallest absolute Gasteiger partial charge is 0.311 e. The minimum absolute atomic E-state index is 0.0753. The van der Waals surface area contributed by atoms with Crippen molar-refractivity contribution in [1.29, 1.82) is 0 Å². The number of thiol groups is 1. The Morgan fingerprint density at radius 3 is 2.81 bits per heavy atom. The summed E-state index contributed by atoms with van der Waals surface area (Å²) in [7, 11) is 0. The van der Waals surface area contributed by atoms with Crippen molar-refractivity contribution in [3.8, 4) is 5.75 Å². The molecule has 0 fully saturated rings. The third-order valence-electron chi connectivity index (χ3n) is 1.88. The number of nitro groups is 1. The van der Waals surface area contributed by atoms with Gasteiger partial charge in [0.1, 0.15) is 5.82 Å². The van der Waals surface area contributed by atoms with E-state index in [-0.39, 0.29) is 5.56 Å². The van der Waals surface area contributed by atoms with Crippen molar-refractivity contribution in [2.75, 3.05) is 5.75 Å². The van der Waals surface area contributed by atoms with E-state index >= 15 is 0 Å². The number of phenols is 1. The molecule has 6 heteroatoms. The number of nitrogens with zero attached hydrogens (tertiary/aromatic N) is 1. The van der Waals surface area contributed by atoms with Crippen LogP contribution in [0.3, 0.4) is 0 Å². The van der Waals surface area contributed by atoms with E-state index in [0.717, 1.165) is 12.1 Å². The van der Waals surface area contributed by atoms with Gasteiger partial charge in [-0.05, 0) is 12.2 Å². The molecule has 4 nitrogen and oxygen atoms in total. The van der Waals surface area contributed by atoms with E-state index in [1.165, 1.54) is 6.08 Å².